The van der Waals surface area contributed by atoms with Crippen LogP contribution in [0.4, 0.5) is 0 Å². The maximum atomic E-state index is 6.53. The fourth-order valence-electron chi connectivity index (χ4n) is 3.12. The van der Waals surface area contributed by atoms with Gasteiger partial charge in [0.05, 0.1) is 25.9 Å². The number of hydrogen-bond donors (Lipinski definition) is 1. The molecule has 2 N–H and O–H groups in total. The van der Waals surface area contributed by atoms with Crippen molar-refractivity contribution in [3.63, 3.8) is 0 Å². The Morgan fingerprint density at radius 1 is 1.10 bits per heavy atom. The van der Waals surface area contributed by atoms with E-state index >= 15 is 0 Å². The van der Waals surface area contributed by atoms with Crippen molar-refractivity contribution >= 4 is 0 Å². The molecule has 2 rings (SSSR count). The molecule has 4 nitrogen and oxygen atoms in total. The highest BCUT2D eigenvalue weighted by atomic mass is 16.5. The van der Waals surface area contributed by atoms with Gasteiger partial charge in [-0.05, 0) is 37.5 Å². The van der Waals surface area contributed by atoms with E-state index in [1.807, 2.05) is 25.1 Å². The Bertz CT molecular complexity index is 419. The highest BCUT2D eigenvalue weighted by molar-refractivity contribution is 5.40. The van der Waals surface area contributed by atoms with Gasteiger partial charge in [-0.25, -0.2) is 0 Å². The highest BCUT2D eigenvalue weighted by Gasteiger charge is 2.41. The van der Waals surface area contributed by atoms with Crippen LogP contribution in [0.5, 0.6) is 11.5 Å². The Morgan fingerprint density at radius 2 is 1.65 bits per heavy atom. The lowest BCUT2D eigenvalue weighted by atomic mass is 9.87. The highest BCUT2D eigenvalue weighted by Crippen LogP contribution is 2.43. The van der Waals surface area contributed by atoms with E-state index in [0.29, 0.717) is 6.61 Å². The number of ether oxygens (including phenoxy) is 3. The fraction of sp³-hybridized carbons (Fsp3) is 0.625. The molecular weight excluding hydrogens is 254 g/mol. The smallest absolute Gasteiger partial charge is 0.122 e. The van der Waals surface area contributed by atoms with Crippen molar-refractivity contribution < 1.29 is 14.2 Å². The molecule has 0 aromatic heterocycles. The minimum absolute atomic E-state index is 0.158. The first-order valence-electron chi connectivity index (χ1n) is 7.27. The topological polar surface area (TPSA) is 53.7 Å². The van der Waals surface area contributed by atoms with Gasteiger partial charge in [-0.15, -0.1) is 0 Å². The molecule has 0 radical (unpaired) electrons. The maximum Gasteiger partial charge on any atom is 0.122 e. The van der Waals surface area contributed by atoms with Crippen LogP contribution in [-0.4, -0.2) is 26.4 Å². The third-order valence-corrected chi connectivity index (χ3v) is 4.18. The van der Waals surface area contributed by atoms with Crippen LogP contribution in [0.3, 0.4) is 0 Å². The molecule has 1 fully saturated rings. The molecule has 1 aromatic rings. The van der Waals surface area contributed by atoms with E-state index in [-0.39, 0.29) is 11.6 Å². The summed E-state index contributed by atoms with van der Waals surface area (Å²) in [6.45, 7) is 2.72. The molecule has 20 heavy (non-hydrogen) atoms. The minimum atomic E-state index is -0.244. The molecular formula is C16H25NO3. The zero-order valence-electron chi connectivity index (χ0n) is 12.6. The van der Waals surface area contributed by atoms with Crippen molar-refractivity contribution in [3.05, 3.63) is 23.8 Å². The van der Waals surface area contributed by atoms with Crippen molar-refractivity contribution in [2.45, 2.75) is 44.2 Å². The van der Waals surface area contributed by atoms with Crippen LogP contribution < -0.4 is 15.2 Å². The zero-order chi connectivity index (χ0) is 14.6. The lowest BCUT2D eigenvalue weighted by Crippen LogP contribution is -2.41. The Labute approximate surface area is 121 Å². The summed E-state index contributed by atoms with van der Waals surface area (Å²) in [5, 5.41) is 0. The summed E-state index contributed by atoms with van der Waals surface area (Å²) in [5.41, 5.74) is 7.30. The van der Waals surface area contributed by atoms with Gasteiger partial charge in [-0.1, -0.05) is 12.8 Å². The van der Waals surface area contributed by atoms with Gasteiger partial charge in [0, 0.05) is 12.7 Å². The number of hydrogen-bond acceptors (Lipinski definition) is 4. The molecule has 0 amide bonds. The molecule has 112 valence electrons. The molecule has 0 aliphatic heterocycles. The first-order valence-corrected chi connectivity index (χ1v) is 7.27. The number of methoxy groups -OCH3 is 2. The number of benzene rings is 1. The van der Waals surface area contributed by atoms with Crippen LogP contribution in [0.2, 0.25) is 0 Å². The van der Waals surface area contributed by atoms with E-state index in [0.717, 1.165) is 29.9 Å². The van der Waals surface area contributed by atoms with Crippen LogP contribution >= 0.6 is 0 Å². The summed E-state index contributed by atoms with van der Waals surface area (Å²) in [5.74, 6) is 1.53. The molecule has 0 bridgehead atoms. The predicted octanol–water partition coefficient (Wildman–Crippen LogP) is 3.05. The maximum absolute atomic E-state index is 6.53. The Balaban J connectivity index is 2.33. The van der Waals surface area contributed by atoms with E-state index in [2.05, 4.69) is 0 Å². The first kappa shape index (κ1) is 15.1. The van der Waals surface area contributed by atoms with Crippen LogP contribution in [0.25, 0.3) is 0 Å². The fourth-order valence-corrected chi connectivity index (χ4v) is 3.12. The SMILES string of the molecule is CCOC1(C(N)c2cc(OC)cc(OC)c2)CCCC1. The van der Waals surface area contributed by atoms with Gasteiger partial charge in [0.25, 0.3) is 0 Å². The largest absolute Gasteiger partial charge is 0.497 e. The van der Waals surface area contributed by atoms with E-state index < -0.39 is 0 Å². The summed E-state index contributed by atoms with van der Waals surface area (Å²) in [6, 6.07) is 5.66. The van der Waals surface area contributed by atoms with Gasteiger partial charge in [0.2, 0.25) is 0 Å². The van der Waals surface area contributed by atoms with Crippen LogP contribution in [0.15, 0.2) is 18.2 Å². The first-order chi connectivity index (χ1) is 9.65. The molecule has 1 unspecified atom stereocenters. The van der Waals surface area contributed by atoms with Gasteiger partial charge in [0.15, 0.2) is 0 Å². The van der Waals surface area contributed by atoms with E-state index in [4.69, 9.17) is 19.9 Å². The average Bonchev–Trinajstić information content (AvgIpc) is 2.96. The van der Waals surface area contributed by atoms with E-state index in [9.17, 15) is 0 Å². The van der Waals surface area contributed by atoms with E-state index in [1.165, 1.54) is 12.8 Å². The van der Waals surface area contributed by atoms with Crippen molar-refractivity contribution in [2.75, 3.05) is 20.8 Å². The third kappa shape index (κ3) is 2.91. The normalized spacial score (nSPS) is 18.8. The van der Waals surface area contributed by atoms with Crippen molar-refractivity contribution in [1.29, 1.82) is 0 Å². The standard InChI is InChI=1S/C16H25NO3/c1-4-20-16(7-5-6-8-16)15(17)12-9-13(18-2)11-14(10-12)19-3/h9-11,15H,4-8,17H2,1-3H3. The second kappa shape index (κ2) is 6.46. The second-order valence-electron chi connectivity index (χ2n) is 5.33. The number of nitrogens with two attached hydrogens (primary N) is 1. The molecule has 0 heterocycles. The van der Waals surface area contributed by atoms with Crippen molar-refractivity contribution in [1.82, 2.24) is 0 Å². The van der Waals surface area contributed by atoms with Gasteiger partial charge in [-0.3, -0.25) is 0 Å². The van der Waals surface area contributed by atoms with Crippen LogP contribution in [0, 0.1) is 0 Å². The molecule has 0 spiro atoms. The molecule has 0 saturated heterocycles. The molecule has 1 saturated carbocycles. The summed E-state index contributed by atoms with van der Waals surface area (Å²) >= 11 is 0. The van der Waals surface area contributed by atoms with Gasteiger partial charge >= 0.3 is 0 Å². The van der Waals surface area contributed by atoms with E-state index in [1.54, 1.807) is 14.2 Å². The summed E-state index contributed by atoms with van der Waals surface area (Å²) in [7, 11) is 3.30. The molecule has 1 aliphatic carbocycles. The number of rotatable bonds is 6. The Morgan fingerprint density at radius 3 is 2.10 bits per heavy atom. The molecule has 1 aromatic carbocycles. The zero-order valence-corrected chi connectivity index (χ0v) is 12.6. The Hall–Kier alpha value is -1.26. The summed E-state index contributed by atoms with van der Waals surface area (Å²) in [6.07, 6.45) is 4.38. The predicted molar refractivity (Wildman–Crippen MR) is 79.3 cm³/mol. The van der Waals surface area contributed by atoms with Gasteiger partial charge in [-0.2, -0.15) is 0 Å². The third-order valence-electron chi connectivity index (χ3n) is 4.18. The van der Waals surface area contributed by atoms with Crippen LogP contribution in [0.1, 0.15) is 44.2 Å². The Kier molecular flexibility index (Phi) is 4.89. The molecule has 4 heteroatoms. The van der Waals surface area contributed by atoms with Gasteiger partial charge < -0.3 is 19.9 Å². The van der Waals surface area contributed by atoms with Crippen LogP contribution in [-0.2, 0) is 4.74 Å². The minimum Gasteiger partial charge on any atom is -0.497 e. The summed E-state index contributed by atoms with van der Waals surface area (Å²) < 4.78 is 16.7. The van der Waals surface area contributed by atoms with Crippen molar-refractivity contribution in [2.24, 2.45) is 5.73 Å². The lowest BCUT2D eigenvalue weighted by molar-refractivity contribution is -0.0537. The van der Waals surface area contributed by atoms with Gasteiger partial charge in [0.1, 0.15) is 11.5 Å². The quantitative estimate of drug-likeness (QED) is 0.869. The lowest BCUT2D eigenvalue weighted by Gasteiger charge is -2.35. The second-order valence-corrected chi connectivity index (χ2v) is 5.33. The average molecular weight is 279 g/mol. The van der Waals surface area contributed by atoms with Crippen molar-refractivity contribution in [3.8, 4) is 11.5 Å². The summed E-state index contributed by atoms with van der Waals surface area (Å²) in [4.78, 5) is 0. The molecule has 1 atom stereocenters. The molecule has 1 aliphatic rings. The monoisotopic (exact) mass is 279 g/mol.